The van der Waals surface area contributed by atoms with E-state index in [4.69, 9.17) is 0 Å². The number of benzene rings is 2. The molecule has 84 valence electrons. The fourth-order valence-corrected chi connectivity index (χ4v) is 3.07. The summed E-state index contributed by atoms with van der Waals surface area (Å²) in [6.07, 6.45) is 0.391. The first-order valence-corrected chi connectivity index (χ1v) is 6.14. The van der Waals surface area contributed by atoms with Gasteiger partial charge in [0.05, 0.1) is 0 Å². The van der Waals surface area contributed by atoms with E-state index < -0.39 is 0 Å². The second kappa shape index (κ2) is 4.00. The van der Waals surface area contributed by atoms with Crippen LogP contribution in [0, 0.1) is 5.82 Å². The lowest BCUT2D eigenvalue weighted by Crippen LogP contribution is -2.03. The summed E-state index contributed by atoms with van der Waals surface area (Å²) in [6, 6.07) is 12.1. The number of carbonyl (C=O) groups excluding carboxylic acids is 1. The first kappa shape index (κ1) is 10.5. The number of fused-ring (bicyclic) bond motifs is 2. The number of ketones is 1. The summed E-state index contributed by atoms with van der Waals surface area (Å²) in [5, 5.41) is 0. The summed E-state index contributed by atoms with van der Waals surface area (Å²) in [5.74, 6) is -0.249. The standard InChI is InChI=1S/C14H9FOS/c15-10-5-6-11-12(16)7-9-3-1-2-4-13(9)17-14(11)8-10/h1-6,8H,7H2. The molecule has 0 amide bonds. The Bertz CT molecular complexity index is 607. The molecule has 1 heterocycles. The van der Waals surface area contributed by atoms with Crippen LogP contribution in [0.3, 0.4) is 0 Å². The third-order valence-electron chi connectivity index (χ3n) is 2.79. The molecule has 0 saturated carbocycles. The topological polar surface area (TPSA) is 17.1 Å². The third-order valence-corrected chi connectivity index (χ3v) is 3.96. The highest BCUT2D eigenvalue weighted by Crippen LogP contribution is 2.37. The zero-order valence-electron chi connectivity index (χ0n) is 8.94. The van der Waals surface area contributed by atoms with Crippen LogP contribution in [0.1, 0.15) is 15.9 Å². The van der Waals surface area contributed by atoms with E-state index in [1.54, 1.807) is 6.07 Å². The average molecular weight is 244 g/mol. The van der Waals surface area contributed by atoms with Gasteiger partial charge in [0, 0.05) is 21.8 Å². The molecular formula is C14H9FOS. The summed E-state index contributed by atoms with van der Waals surface area (Å²) in [6.45, 7) is 0. The summed E-state index contributed by atoms with van der Waals surface area (Å²) in [7, 11) is 0. The maximum absolute atomic E-state index is 13.2. The minimum Gasteiger partial charge on any atom is -0.294 e. The molecule has 2 aromatic carbocycles. The first-order valence-electron chi connectivity index (χ1n) is 5.32. The SMILES string of the molecule is O=C1Cc2ccccc2Sc2cc(F)ccc21. The van der Waals surface area contributed by atoms with Gasteiger partial charge in [-0.3, -0.25) is 4.79 Å². The van der Waals surface area contributed by atoms with E-state index in [1.165, 1.54) is 23.9 Å². The Hall–Kier alpha value is -1.61. The van der Waals surface area contributed by atoms with Crippen LogP contribution in [0.2, 0.25) is 0 Å². The highest BCUT2D eigenvalue weighted by molar-refractivity contribution is 7.99. The van der Waals surface area contributed by atoms with Gasteiger partial charge in [-0.15, -0.1) is 0 Å². The van der Waals surface area contributed by atoms with Crippen molar-refractivity contribution in [3.05, 3.63) is 59.4 Å². The molecule has 0 radical (unpaired) electrons. The highest BCUT2D eigenvalue weighted by atomic mass is 32.2. The molecule has 0 fully saturated rings. The van der Waals surface area contributed by atoms with E-state index in [2.05, 4.69) is 0 Å². The van der Waals surface area contributed by atoms with Crippen molar-refractivity contribution in [2.45, 2.75) is 16.2 Å². The second-order valence-electron chi connectivity index (χ2n) is 3.95. The van der Waals surface area contributed by atoms with Crippen molar-refractivity contribution in [2.75, 3.05) is 0 Å². The number of carbonyl (C=O) groups is 1. The number of Topliss-reactive ketones (excluding diaryl/α,β-unsaturated/α-hetero) is 1. The van der Waals surface area contributed by atoms with Gasteiger partial charge in [0.2, 0.25) is 0 Å². The summed E-state index contributed by atoms with van der Waals surface area (Å²) in [5.41, 5.74) is 1.63. The minimum atomic E-state index is -0.302. The van der Waals surface area contributed by atoms with Crippen molar-refractivity contribution in [1.29, 1.82) is 0 Å². The Morgan fingerprint density at radius 3 is 2.76 bits per heavy atom. The maximum Gasteiger partial charge on any atom is 0.168 e. The number of hydrogen-bond donors (Lipinski definition) is 0. The molecule has 1 aliphatic heterocycles. The lowest BCUT2D eigenvalue weighted by molar-refractivity contribution is 0.0990. The van der Waals surface area contributed by atoms with E-state index in [-0.39, 0.29) is 11.6 Å². The number of hydrogen-bond acceptors (Lipinski definition) is 2. The monoisotopic (exact) mass is 244 g/mol. The van der Waals surface area contributed by atoms with Crippen LogP contribution in [0.5, 0.6) is 0 Å². The van der Waals surface area contributed by atoms with E-state index in [9.17, 15) is 9.18 Å². The molecule has 1 nitrogen and oxygen atoms in total. The Morgan fingerprint density at radius 1 is 1.06 bits per heavy atom. The molecule has 3 rings (SSSR count). The molecule has 1 aliphatic rings. The predicted molar refractivity (Wildman–Crippen MR) is 65.0 cm³/mol. The number of rotatable bonds is 0. The molecule has 0 aliphatic carbocycles. The predicted octanol–water partition coefficient (Wildman–Crippen LogP) is 3.72. The fraction of sp³-hybridized carbons (Fsp3) is 0.0714. The van der Waals surface area contributed by atoms with Gasteiger partial charge in [0.25, 0.3) is 0 Å². The minimum absolute atomic E-state index is 0.0532. The van der Waals surface area contributed by atoms with Crippen LogP contribution in [0.25, 0.3) is 0 Å². The smallest absolute Gasteiger partial charge is 0.168 e. The van der Waals surface area contributed by atoms with Gasteiger partial charge in [0.15, 0.2) is 5.78 Å². The van der Waals surface area contributed by atoms with Crippen LogP contribution in [-0.2, 0) is 6.42 Å². The summed E-state index contributed by atoms with van der Waals surface area (Å²) in [4.78, 5) is 13.8. The van der Waals surface area contributed by atoms with Gasteiger partial charge >= 0.3 is 0 Å². The summed E-state index contributed by atoms with van der Waals surface area (Å²) >= 11 is 1.46. The van der Waals surface area contributed by atoms with Crippen LogP contribution in [0.15, 0.2) is 52.3 Å². The van der Waals surface area contributed by atoms with Crippen LogP contribution < -0.4 is 0 Å². The van der Waals surface area contributed by atoms with Crippen molar-refractivity contribution in [2.24, 2.45) is 0 Å². The molecule has 0 N–H and O–H groups in total. The average Bonchev–Trinajstić information content (AvgIpc) is 2.44. The van der Waals surface area contributed by atoms with Crippen molar-refractivity contribution in [3.8, 4) is 0 Å². The normalized spacial score (nSPS) is 13.8. The molecule has 17 heavy (non-hydrogen) atoms. The molecular weight excluding hydrogens is 235 g/mol. The Balaban J connectivity index is 2.18. The quantitative estimate of drug-likeness (QED) is 0.702. The van der Waals surface area contributed by atoms with Crippen molar-refractivity contribution in [3.63, 3.8) is 0 Å². The maximum atomic E-state index is 13.2. The van der Waals surface area contributed by atoms with Gasteiger partial charge < -0.3 is 0 Å². The van der Waals surface area contributed by atoms with E-state index >= 15 is 0 Å². The Kier molecular flexibility index (Phi) is 2.48. The molecule has 0 spiro atoms. The fourth-order valence-electron chi connectivity index (χ4n) is 1.95. The Labute approximate surface area is 103 Å². The lowest BCUT2D eigenvalue weighted by Gasteiger charge is -2.04. The molecule has 0 bridgehead atoms. The van der Waals surface area contributed by atoms with Gasteiger partial charge in [-0.1, -0.05) is 30.0 Å². The summed E-state index contributed by atoms with van der Waals surface area (Å²) < 4.78 is 13.2. The van der Waals surface area contributed by atoms with Gasteiger partial charge in [0.1, 0.15) is 5.82 Å². The van der Waals surface area contributed by atoms with Gasteiger partial charge in [-0.25, -0.2) is 4.39 Å². The first-order chi connectivity index (χ1) is 8.24. The lowest BCUT2D eigenvalue weighted by atomic mass is 10.0. The molecule has 0 atom stereocenters. The number of halogens is 1. The van der Waals surface area contributed by atoms with E-state index in [0.29, 0.717) is 16.9 Å². The van der Waals surface area contributed by atoms with Crippen molar-refractivity contribution >= 4 is 17.5 Å². The highest BCUT2D eigenvalue weighted by Gasteiger charge is 2.20. The molecule has 2 aromatic rings. The van der Waals surface area contributed by atoms with E-state index in [0.717, 1.165) is 10.5 Å². The van der Waals surface area contributed by atoms with Gasteiger partial charge in [-0.2, -0.15) is 0 Å². The van der Waals surface area contributed by atoms with Crippen LogP contribution in [-0.4, -0.2) is 5.78 Å². The van der Waals surface area contributed by atoms with Crippen LogP contribution in [0.4, 0.5) is 4.39 Å². The molecule has 0 saturated heterocycles. The van der Waals surface area contributed by atoms with Crippen molar-refractivity contribution in [1.82, 2.24) is 0 Å². The second-order valence-corrected chi connectivity index (χ2v) is 5.03. The van der Waals surface area contributed by atoms with Crippen LogP contribution >= 0.6 is 11.8 Å². The zero-order chi connectivity index (χ0) is 11.8. The zero-order valence-corrected chi connectivity index (χ0v) is 9.76. The van der Waals surface area contributed by atoms with Crippen molar-refractivity contribution < 1.29 is 9.18 Å². The molecule has 0 unspecified atom stereocenters. The molecule has 3 heteroatoms. The Morgan fingerprint density at radius 2 is 1.88 bits per heavy atom. The largest absolute Gasteiger partial charge is 0.294 e. The van der Waals surface area contributed by atoms with Gasteiger partial charge in [-0.05, 0) is 29.8 Å². The molecule has 0 aromatic heterocycles. The van der Waals surface area contributed by atoms with E-state index in [1.807, 2.05) is 24.3 Å². The third kappa shape index (κ3) is 1.87.